The number of thiazole rings is 1. The van der Waals surface area contributed by atoms with Gasteiger partial charge in [0.15, 0.2) is 0 Å². The molecule has 0 fully saturated rings. The lowest BCUT2D eigenvalue weighted by molar-refractivity contribution is -0.387. The Morgan fingerprint density at radius 1 is 1.45 bits per heavy atom. The molecule has 6 nitrogen and oxygen atoms in total. The van der Waals surface area contributed by atoms with Crippen molar-refractivity contribution in [1.82, 2.24) is 9.88 Å². The number of hydrogen-bond donors (Lipinski definition) is 0. The normalized spacial score (nSPS) is 10.9. The van der Waals surface area contributed by atoms with E-state index in [1.165, 1.54) is 29.2 Å². The molecule has 20 heavy (non-hydrogen) atoms. The summed E-state index contributed by atoms with van der Waals surface area (Å²) in [7, 11) is 3.75. The van der Waals surface area contributed by atoms with E-state index in [0.29, 0.717) is 10.0 Å². The molecular weight excluding hydrogens is 296 g/mol. The first-order chi connectivity index (χ1) is 9.56. The molecule has 0 N–H and O–H groups in total. The fraction of sp³-hybridized carbons (Fsp3) is 0.167. The van der Waals surface area contributed by atoms with Crippen molar-refractivity contribution in [1.29, 1.82) is 0 Å². The van der Waals surface area contributed by atoms with Crippen molar-refractivity contribution in [2.24, 2.45) is 4.99 Å². The van der Waals surface area contributed by atoms with Crippen LogP contribution in [0.4, 0.5) is 10.8 Å². The van der Waals surface area contributed by atoms with Gasteiger partial charge < -0.3 is 4.90 Å². The number of benzene rings is 1. The maximum atomic E-state index is 10.9. The van der Waals surface area contributed by atoms with Crippen LogP contribution in [0.3, 0.4) is 0 Å². The fourth-order valence-electron chi connectivity index (χ4n) is 1.33. The molecule has 0 radical (unpaired) electrons. The second-order valence-corrected chi connectivity index (χ2v) is 6.35. The van der Waals surface area contributed by atoms with Crippen molar-refractivity contribution in [3.8, 4) is 0 Å². The molecule has 2 aromatic rings. The van der Waals surface area contributed by atoms with Crippen LogP contribution in [0, 0.1) is 10.1 Å². The molecule has 0 saturated heterocycles. The minimum atomic E-state index is -0.380. The van der Waals surface area contributed by atoms with Crippen LogP contribution in [0.25, 0.3) is 0 Å². The Morgan fingerprint density at radius 2 is 2.20 bits per heavy atom. The van der Waals surface area contributed by atoms with Crippen molar-refractivity contribution in [3.05, 3.63) is 40.6 Å². The van der Waals surface area contributed by atoms with Crippen molar-refractivity contribution in [2.45, 2.75) is 9.10 Å². The summed E-state index contributed by atoms with van der Waals surface area (Å²) in [6, 6.07) is 6.66. The first-order valence-corrected chi connectivity index (χ1v) is 7.27. The number of aliphatic imine (C=N–C) groups is 1. The third-order valence-corrected chi connectivity index (χ3v) is 4.22. The summed E-state index contributed by atoms with van der Waals surface area (Å²) in [6.45, 7) is 0. The molecule has 1 aromatic heterocycles. The standard InChI is InChI=1S/C12H12N4O2S2/c1-15(2)8-14-12-13-7-11(20-12)19-10-6-4-3-5-9(10)16(17)18/h3-8H,1-2H3. The van der Waals surface area contributed by atoms with E-state index in [4.69, 9.17) is 0 Å². The third kappa shape index (κ3) is 3.78. The lowest BCUT2D eigenvalue weighted by atomic mass is 10.3. The molecule has 2 rings (SSSR count). The van der Waals surface area contributed by atoms with E-state index >= 15 is 0 Å². The summed E-state index contributed by atoms with van der Waals surface area (Å²) in [4.78, 5) is 21.3. The van der Waals surface area contributed by atoms with Gasteiger partial charge in [0, 0.05) is 20.2 Å². The maximum Gasteiger partial charge on any atom is 0.283 e. The molecule has 104 valence electrons. The zero-order valence-electron chi connectivity index (χ0n) is 10.9. The third-order valence-electron chi connectivity index (χ3n) is 2.14. The minimum absolute atomic E-state index is 0.101. The fourth-order valence-corrected chi connectivity index (χ4v) is 3.19. The van der Waals surface area contributed by atoms with E-state index in [0.717, 1.165) is 4.21 Å². The lowest BCUT2D eigenvalue weighted by Gasteiger charge is -2.00. The van der Waals surface area contributed by atoms with Crippen molar-refractivity contribution in [3.63, 3.8) is 0 Å². The molecule has 0 unspecified atom stereocenters. The first kappa shape index (κ1) is 14.5. The summed E-state index contributed by atoms with van der Waals surface area (Å²) in [6.07, 6.45) is 3.34. The highest BCUT2D eigenvalue weighted by molar-refractivity contribution is 8.01. The molecule has 0 saturated carbocycles. The van der Waals surface area contributed by atoms with Crippen LogP contribution < -0.4 is 0 Å². The van der Waals surface area contributed by atoms with Gasteiger partial charge in [-0.2, -0.15) is 0 Å². The second-order valence-electron chi connectivity index (χ2n) is 4.00. The smallest absolute Gasteiger partial charge is 0.283 e. The molecule has 0 bridgehead atoms. The van der Waals surface area contributed by atoms with E-state index in [-0.39, 0.29) is 10.6 Å². The lowest BCUT2D eigenvalue weighted by Crippen LogP contribution is -2.06. The molecule has 0 atom stereocenters. The van der Waals surface area contributed by atoms with Gasteiger partial charge in [-0.3, -0.25) is 10.1 Å². The largest absolute Gasteiger partial charge is 0.369 e. The van der Waals surface area contributed by atoms with Gasteiger partial charge in [0.2, 0.25) is 5.13 Å². The van der Waals surface area contributed by atoms with Crippen LogP contribution in [0.2, 0.25) is 0 Å². The Hall–Kier alpha value is -1.93. The highest BCUT2D eigenvalue weighted by Gasteiger charge is 2.14. The number of rotatable bonds is 5. The van der Waals surface area contributed by atoms with Gasteiger partial charge in [-0.25, -0.2) is 9.98 Å². The van der Waals surface area contributed by atoms with Crippen LogP contribution in [-0.2, 0) is 0 Å². The van der Waals surface area contributed by atoms with Gasteiger partial charge in [-0.05, 0) is 6.07 Å². The SMILES string of the molecule is CN(C)C=Nc1ncc(Sc2ccccc2[N+](=O)[O-])s1. The Balaban J connectivity index is 2.17. The van der Waals surface area contributed by atoms with E-state index in [1.54, 1.807) is 30.7 Å². The minimum Gasteiger partial charge on any atom is -0.369 e. The molecule has 0 aliphatic rings. The Bertz CT molecular complexity index is 640. The summed E-state index contributed by atoms with van der Waals surface area (Å²) in [5, 5.41) is 11.6. The summed E-state index contributed by atoms with van der Waals surface area (Å²) in [5.41, 5.74) is 0.101. The Morgan fingerprint density at radius 3 is 2.90 bits per heavy atom. The van der Waals surface area contributed by atoms with Crippen LogP contribution in [0.15, 0.2) is 44.6 Å². The summed E-state index contributed by atoms with van der Waals surface area (Å²) < 4.78 is 0.866. The average Bonchev–Trinajstić information content (AvgIpc) is 2.84. The highest BCUT2D eigenvalue weighted by atomic mass is 32.2. The van der Waals surface area contributed by atoms with Gasteiger partial charge in [0.1, 0.15) is 0 Å². The van der Waals surface area contributed by atoms with E-state index < -0.39 is 0 Å². The maximum absolute atomic E-state index is 10.9. The molecule has 1 heterocycles. The van der Waals surface area contributed by atoms with Crippen molar-refractivity contribution >= 4 is 40.3 Å². The molecule has 1 aromatic carbocycles. The van der Waals surface area contributed by atoms with Crippen molar-refractivity contribution in [2.75, 3.05) is 14.1 Å². The van der Waals surface area contributed by atoms with E-state index in [2.05, 4.69) is 9.98 Å². The molecule has 0 spiro atoms. The Kier molecular flexibility index (Phi) is 4.70. The van der Waals surface area contributed by atoms with Crippen LogP contribution in [0.1, 0.15) is 0 Å². The molecular formula is C12H12N4O2S2. The molecule has 8 heteroatoms. The Labute approximate surface area is 124 Å². The van der Waals surface area contributed by atoms with E-state index in [9.17, 15) is 10.1 Å². The molecule has 0 aliphatic heterocycles. The average molecular weight is 308 g/mol. The predicted octanol–water partition coefficient (Wildman–Crippen LogP) is 3.42. The number of nitro groups is 1. The van der Waals surface area contributed by atoms with Gasteiger partial charge >= 0.3 is 0 Å². The van der Waals surface area contributed by atoms with E-state index in [1.807, 2.05) is 19.0 Å². The number of nitro benzene ring substituents is 1. The van der Waals surface area contributed by atoms with Gasteiger partial charge in [0.25, 0.3) is 5.69 Å². The number of aromatic nitrogens is 1. The molecule has 0 amide bonds. The monoisotopic (exact) mass is 308 g/mol. The van der Waals surface area contributed by atoms with Crippen LogP contribution >= 0.6 is 23.1 Å². The quantitative estimate of drug-likeness (QED) is 0.366. The number of nitrogens with zero attached hydrogens (tertiary/aromatic N) is 4. The highest BCUT2D eigenvalue weighted by Crippen LogP contribution is 2.38. The zero-order valence-corrected chi connectivity index (χ0v) is 12.5. The number of para-hydroxylation sites is 1. The van der Waals surface area contributed by atoms with Crippen molar-refractivity contribution < 1.29 is 4.92 Å². The summed E-state index contributed by atoms with van der Waals surface area (Å²) >= 11 is 2.72. The first-order valence-electron chi connectivity index (χ1n) is 5.64. The predicted molar refractivity (Wildman–Crippen MR) is 81.2 cm³/mol. The van der Waals surface area contributed by atoms with Crippen LogP contribution in [0.5, 0.6) is 0 Å². The number of hydrogen-bond acceptors (Lipinski definition) is 6. The zero-order chi connectivity index (χ0) is 14.5. The topological polar surface area (TPSA) is 71.6 Å². The summed E-state index contributed by atoms with van der Waals surface area (Å²) in [5.74, 6) is 0. The van der Waals surface area contributed by atoms with Gasteiger partial charge in [0.05, 0.1) is 26.6 Å². The second kappa shape index (κ2) is 6.49. The van der Waals surface area contributed by atoms with Crippen LogP contribution in [-0.4, -0.2) is 35.2 Å². The molecule has 0 aliphatic carbocycles. The van der Waals surface area contributed by atoms with Gasteiger partial charge in [-0.1, -0.05) is 35.2 Å². The van der Waals surface area contributed by atoms with Gasteiger partial charge in [-0.15, -0.1) is 0 Å².